The summed E-state index contributed by atoms with van der Waals surface area (Å²) in [5, 5.41) is 2.61. The standard InChI is InChI=1S/C13H15N5O2S/c1-7(21-13-17-10(15)6-11(19)18-13)12(20)16-9-4-2-8(14)3-5-9/h2-7H,14H2,1H3,(H,16,20)(H3,15,17,18,19). The van der Waals surface area contributed by atoms with E-state index >= 15 is 0 Å². The molecular weight excluding hydrogens is 290 g/mol. The second-order valence-electron chi connectivity index (χ2n) is 4.35. The molecular formula is C13H15N5O2S. The van der Waals surface area contributed by atoms with Crippen LogP contribution in [0.1, 0.15) is 6.92 Å². The molecule has 0 radical (unpaired) electrons. The Morgan fingerprint density at radius 1 is 1.33 bits per heavy atom. The van der Waals surface area contributed by atoms with Gasteiger partial charge in [-0.2, -0.15) is 0 Å². The van der Waals surface area contributed by atoms with Crippen molar-refractivity contribution in [2.75, 3.05) is 16.8 Å². The van der Waals surface area contributed by atoms with Crippen LogP contribution < -0.4 is 22.3 Å². The van der Waals surface area contributed by atoms with Gasteiger partial charge in [-0.25, -0.2) is 4.98 Å². The van der Waals surface area contributed by atoms with Crippen LogP contribution in [0.25, 0.3) is 0 Å². The number of hydrogen-bond donors (Lipinski definition) is 4. The predicted molar refractivity (Wildman–Crippen MR) is 84.1 cm³/mol. The molecule has 21 heavy (non-hydrogen) atoms. The Hall–Kier alpha value is -2.48. The van der Waals surface area contributed by atoms with Gasteiger partial charge in [0.2, 0.25) is 5.91 Å². The molecule has 1 atom stereocenters. The minimum atomic E-state index is -0.451. The first-order valence-corrected chi connectivity index (χ1v) is 7.02. The molecule has 110 valence electrons. The van der Waals surface area contributed by atoms with E-state index in [0.717, 1.165) is 11.8 Å². The number of H-pyrrole nitrogens is 1. The van der Waals surface area contributed by atoms with Crippen LogP contribution in [0.3, 0.4) is 0 Å². The highest BCUT2D eigenvalue weighted by Crippen LogP contribution is 2.20. The summed E-state index contributed by atoms with van der Waals surface area (Å²) in [5.74, 6) is -0.0952. The number of aromatic amines is 1. The van der Waals surface area contributed by atoms with Crippen molar-refractivity contribution in [3.8, 4) is 0 Å². The van der Waals surface area contributed by atoms with Gasteiger partial charge in [0.15, 0.2) is 5.16 Å². The molecule has 2 rings (SSSR count). The van der Waals surface area contributed by atoms with Gasteiger partial charge >= 0.3 is 0 Å². The van der Waals surface area contributed by atoms with Crippen LogP contribution in [0.15, 0.2) is 40.3 Å². The van der Waals surface area contributed by atoms with Gasteiger partial charge in [-0.1, -0.05) is 11.8 Å². The average Bonchev–Trinajstić information content (AvgIpc) is 2.40. The molecule has 1 aromatic heterocycles. The molecule has 0 aliphatic carbocycles. The molecule has 0 aliphatic heterocycles. The third-order valence-corrected chi connectivity index (χ3v) is 3.56. The quantitative estimate of drug-likeness (QED) is 0.380. The Bertz CT molecular complexity index is 698. The van der Waals surface area contributed by atoms with Crippen molar-refractivity contribution in [3.63, 3.8) is 0 Å². The smallest absolute Gasteiger partial charge is 0.253 e. The van der Waals surface area contributed by atoms with Crippen molar-refractivity contribution in [2.24, 2.45) is 0 Å². The van der Waals surface area contributed by atoms with E-state index in [-0.39, 0.29) is 17.3 Å². The van der Waals surface area contributed by atoms with E-state index in [0.29, 0.717) is 16.5 Å². The third kappa shape index (κ3) is 4.25. The number of aromatic nitrogens is 2. The number of carbonyl (C=O) groups excluding carboxylic acids is 1. The zero-order valence-electron chi connectivity index (χ0n) is 11.3. The number of nitrogens with one attached hydrogen (secondary N) is 2. The fourth-order valence-electron chi connectivity index (χ4n) is 1.54. The zero-order chi connectivity index (χ0) is 15.4. The van der Waals surface area contributed by atoms with Crippen LogP contribution in [-0.2, 0) is 4.79 Å². The molecule has 0 aliphatic rings. The van der Waals surface area contributed by atoms with E-state index in [1.54, 1.807) is 31.2 Å². The van der Waals surface area contributed by atoms with Crippen LogP contribution in [0, 0.1) is 0 Å². The average molecular weight is 305 g/mol. The molecule has 6 N–H and O–H groups in total. The number of nitrogens with zero attached hydrogens (tertiary/aromatic N) is 1. The van der Waals surface area contributed by atoms with Crippen LogP contribution in [-0.4, -0.2) is 21.1 Å². The molecule has 1 heterocycles. The summed E-state index contributed by atoms with van der Waals surface area (Å²) in [5.41, 5.74) is 12.0. The maximum atomic E-state index is 12.1. The van der Waals surface area contributed by atoms with Crippen LogP contribution in [0.2, 0.25) is 0 Å². The van der Waals surface area contributed by atoms with Gasteiger partial charge < -0.3 is 21.8 Å². The molecule has 1 unspecified atom stereocenters. The zero-order valence-corrected chi connectivity index (χ0v) is 12.1. The molecule has 8 heteroatoms. The van der Waals surface area contributed by atoms with Crippen molar-refractivity contribution in [1.82, 2.24) is 9.97 Å². The Labute approximate surface area is 125 Å². The van der Waals surface area contributed by atoms with E-state index in [1.165, 1.54) is 6.07 Å². The van der Waals surface area contributed by atoms with Crippen molar-refractivity contribution < 1.29 is 4.79 Å². The maximum Gasteiger partial charge on any atom is 0.253 e. The first kappa shape index (κ1) is 14.9. The summed E-state index contributed by atoms with van der Waals surface area (Å²) in [6.07, 6.45) is 0. The highest BCUT2D eigenvalue weighted by molar-refractivity contribution is 8.00. The largest absolute Gasteiger partial charge is 0.399 e. The number of benzene rings is 1. The van der Waals surface area contributed by atoms with Crippen molar-refractivity contribution in [3.05, 3.63) is 40.7 Å². The van der Waals surface area contributed by atoms with Gasteiger partial charge in [-0.05, 0) is 31.2 Å². The normalized spacial score (nSPS) is 11.9. The number of amides is 1. The molecule has 1 amide bonds. The van der Waals surface area contributed by atoms with Gasteiger partial charge in [0, 0.05) is 17.4 Å². The minimum Gasteiger partial charge on any atom is -0.399 e. The summed E-state index contributed by atoms with van der Waals surface area (Å²) in [6.45, 7) is 1.71. The highest BCUT2D eigenvalue weighted by atomic mass is 32.2. The molecule has 1 aromatic carbocycles. The Morgan fingerprint density at radius 2 is 2.00 bits per heavy atom. The fraction of sp³-hybridized carbons (Fsp3) is 0.154. The predicted octanol–water partition coefficient (Wildman–Crippen LogP) is 1.05. The summed E-state index contributed by atoms with van der Waals surface area (Å²) >= 11 is 1.12. The molecule has 7 nitrogen and oxygen atoms in total. The van der Waals surface area contributed by atoms with E-state index in [2.05, 4.69) is 15.3 Å². The van der Waals surface area contributed by atoms with Crippen LogP contribution >= 0.6 is 11.8 Å². The number of carbonyl (C=O) groups is 1. The highest BCUT2D eigenvalue weighted by Gasteiger charge is 2.16. The van der Waals surface area contributed by atoms with Crippen molar-refractivity contribution in [2.45, 2.75) is 17.3 Å². The van der Waals surface area contributed by atoms with Crippen molar-refractivity contribution >= 4 is 34.9 Å². The van der Waals surface area contributed by atoms with Gasteiger partial charge in [0.1, 0.15) is 5.82 Å². The fourth-order valence-corrected chi connectivity index (χ4v) is 2.36. The third-order valence-electron chi connectivity index (χ3n) is 2.58. The van der Waals surface area contributed by atoms with E-state index < -0.39 is 5.25 Å². The lowest BCUT2D eigenvalue weighted by Crippen LogP contribution is -2.23. The topological polar surface area (TPSA) is 127 Å². The summed E-state index contributed by atoms with van der Waals surface area (Å²) in [6, 6.07) is 8.01. The van der Waals surface area contributed by atoms with Gasteiger partial charge in [-0.15, -0.1) is 0 Å². The Morgan fingerprint density at radius 3 is 2.62 bits per heavy atom. The lowest BCUT2D eigenvalue weighted by atomic mass is 10.3. The van der Waals surface area contributed by atoms with E-state index in [1.807, 2.05) is 0 Å². The summed E-state index contributed by atoms with van der Waals surface area (Å²) in [7, 11) is 0. The molecule has 0 spiro atoms. The molecule has 0 saturated heterocycles. The van der Waals surface area contributed by atoms with Gasteiger partial charge in [0.05, 0.1) is 5.25 Å². The van der Waals surface area contributed by atoms with Crippen LogP contribution in [0.5, 0.6) is 0 Å². The summed E-state index contributed by atoms with van der Waals surface area (Å²) < 4.78 is 0. The van der Waals surface area contributed by atoms with E-state index in [9.17, 15) is 9.59 Å². The molecule has 2 aromatic rings. The number of anilines is 3. The number of thioether (sulfide) groups is 1. The molecule has 0 bridgehead atoms. The molecule has 0 fully saturated rings. The second kappa shape index (κ2) is 6.31. The van der Waals surface area contributed by atoms with E-state index in [4.69, 9.17) is 11.5 Å². The lowest BCUT2D eigenvalue weighted by Gasteiger charge is -2.11. The molecule has 0 saturated carbocycles. The number of nitrogens with two attached hydrogens (primary N) is 2. The lowest BCUT2D eigenvalue weighted by molar-refractivity contribution is -0.115. The summed E-state index contributed by atoms with van der Waals surface area (Å²) in [4.78, 5) is 29.8. The number of hydrogen-bond acceptors (Lipinski definition) is 6. The number of nitrogen functional groups attached to an aromatic ring is 2. The van der Waals surface area contributed by atoms with Gasteiger partial charge in [-0.3, -0.25) is 9.59 Å². The number of rotatable bonds is 4. The SMILES string of the molecule is CC(Sc1nc(N)cc(=O)[nH]1)C(=O)Nc1ccc(N)cc1. The second-order valence-corrected chi connectivity index (χ2v) is 5.68. The van der Waals surface area contributed by atoms with Gasteiger partial charge in [0.25, 0.3) is 5.56 Å². The Balaban J connectivity index is 2.02. The first-order chi connectivity index (χ1) is 9.94. The van der Waals surface area contributed by atoms with Crippen LogP contribution in [0.4, 0.5) is 17.2 Å². The minimum absolute atomic E-state index is 0.118. The van der Waals surface area contributed by atoms with Crippen molar-refractivity contribution in [1.29, 1.82) is 0 Å². The first-order valence-electron chi connectivity index (χ1n) is 6.14. The monoisotopic (exact) mass is 305 g/mol. The maximum absolute atomic E-state index is 12.1. The Kier molecular flexibility index (Phi) is 4.49.